The Labute approximate surface area is 233 Å². The number of halogens is 3. The summed E-state index contributed by atoms with van der Waals surface area (Å²) in [6.07, 6.45) is -0.626. The molecule has 2 saturated heterocycles. The van der Waals surface area contributed by atoms with Gasteiger partial charge in [-0.1, -0.05) is 25.1 Å². The fourth-order valence-electron chi connectivity index (χ4n) is 5.20. The minimum absolute atomic E-state index is 0. The summed E-state index contributed by atoms with van der Waals surface area (Å²) in [4.78, 5) is 19.2. The molecule has 216 valence electrons. The third kappa shape index (κ3) is 8.45. The van der Waals surface area contributed by atoms with E-state index in [1.807, 2.05) is 4.90 Å². The van der Waals surface area contributed by atoms with Crippen molar-refractivity contribution >= 4 is 28.1 Å². The minimum atomic E-state index is -4.57. The van der Waals surface area contributed by atoms with E-state index in [2.05, 4.69) is 46.3 Å². The van der Waals surface area contributed by atoms with Crippen LogP contribution in [0.15, 0.2) is 47.4 Å². The van der Waals surface area contributed by atoms with Crippen molar-refractivity contribution in [3.05, 3.63) is 53.6 Å². The number of nitrogens with one attached hydrogen (secondary N) is 1. The molecule has 0 aromatic heterocycles. The van der Waals surface area contributed by atoms with Gasteiger partial charge in [-0.05, 0) is 63.1 Å². The highest BCUT2D eigenvalue weighted by atomic mass is 32.2. The van der Waals surface area contributed by atoms with E-state index in [9.17, 15) is 22.2 Å². The number of amides is 1. The van der Waals surface area contributed by atoms with Crippen molar-refractivity contribution < 1.29 is 22.2 Å². The van der Waals surface area contributed by atoms with Crippen molar-refractivity contribution in [3.8, 4) is 0 Å². The maximum atomic E-state index is 13.4. The molecular formula is C29H41F3N4O2S. The van der Waals surface area contributed by atoms with Crippen molar-refractivity contribution in [1.82, 2.24) is 9.80 Å². The van der Waals surface area contributed by atoms with Crippen LogP contribution in [-0.4, -0.2) is 78.0 Å². The number of piperidine rings is 1. The van der Waals surface area contributed by atoms with E-state index in [-0.39, 0.29) is 24.3 Å². The topological polar surface area (TPSA) is 55.9 Å². The number of carbonyl (C=O) groups excluding carboxylic acids is 1. The zero-order valence-electron chi connectivity index (χ0n) is 22.1. The summed E-state index contributed by atoms with van der Waals surface area (Å²) in [5.41, 5.74) is 2.02. The Balaban J connectivity index is 0.00000420. The van der Waals surface area contributed by atoms with Gasteiger partial charge in [0.1, 0.15) is 0 Å². The molecule has 1 N–H and O–H groups in total. The first kappa shape index (κ1) is 30.9. The highest BCUT2D eigenvalue weighted by molar-refractivity contribution is 7.84. The van der Waals surface area contributed by atoms with Gasteiger partial charge in [-0.3, -0.25) is 13.9 Å². The van der Waals surface area contributed by atoms with Gasteiger partial charge >= 0.3 is 6.18 Å². The van der Waals surface area contributed by atoms with Crippen molar-refractivity contribution in [2.75, 3.05) is 62.3 Å². The molecule has 10 heteroatoms. The number of likely N-dealkylation sites (tertiary alicyclic amines) is 1. The summed E-state index contributed by atoms with van der Waals surface area (Å²) in [5, 5.41) is 3.18. The lowest BCUT2D eigenvalue weighted by Gasteiger charge is -2.36. The molecule has 1 unspecified atom stereocenters. The Bertz CT molecular complexity index is 1110. The third-order valence-electron chi connectivity index (χ3n) is 7.45. The maximum absolute atomic E-state index is 13.4. The lowest BCUT2D eigenvalue weighted by atomic mass is 10.0. The summed E-state index contributed by atoms with van der Waals surface area (Å²) >= 11 is 0. The molecule has 0 bridgehead atoms. The zero-order chi connectivity index (χ0) is 27.3. The Morgan fingerprint density at radius 2 is 1.64 bits per heavy atom. The molecule has 2 aromatic rings. The first-order valence-electron chi connectivity index (χ1n) is 13.2. The Morgan fingerprint density at radius 3 is 2.23 bits per heavy atom. The van der Waals surface area contributed by atoms with Gasteiger partial charge in [-0.2, -0.15) is 13.2 Å². The number of anilines is 2. The SMILES string of the molecule is C.Cc1ccc(N2CCN(CCCC(=O)N3CCC(Nc4ccc(S(C)=O)c(C(F)(F)F)c4)CC3)CC2)cc1. The van der Waals surface area contributed by atoms with Gasteiger partial charge in [0.25, 0.3) is 0 Å². The van der Waals surface area contributed by atoms with Gasteiger partial charge in [0.05, 0.1) is 21.3 Å². The van der Waals surface area contributed by atoms with E-state index in [0.29, 0.717) is 38.0 Å². The minimum Gasteiger partial charge on any atom is -0.382 e. The number of hydrogen-bond donors (Lipinski definition) is 1. The average Bonchev–Trinajstić information content (AvgIpc) is 2.89. The van der Waals surface area contributed by atoms with Crippen LogP contribution in [0.5, 0.6) is 0 Å². The van der Waals surface area contributed by atoms with E-state index in [1.54, 1.807) is 6.07 Å². The Morgan fingerprint density at radius 1 is 1.00 bits per heavy atom. The van der Waals surface area contributed by atoms with Gasteiger partial charge < -0.3 is 15.1 Å². The second-order valence-corrected chi connectivity index (χ2v) is 11.6. The Hall–Kier alpha value is -2.59. The van der Waals surface area contributed by atoms with Gasteiger partial charge in [0, 0.05) is 69.4 Å². The van der Waals surface area contributed by atoms with Crippen LogP contribution in [0, 0.1) is 6.92 Å². The number of nitrogens with zero attached hydrogens (tertiary/aromatic N) is 3. The maximum Gasteiger partial charge on any atom is 0.417 e. The lowest BCUT2D eigenvalue weighted by Crippen LogP contribution is -2.47. The fourth-order valence-corrected chi connectivity index (χ4v) is 5.94. The molecule has 1 atom stereocenters. The zero-order valence-corrected chi connectivity index (χ0v) is 22.9. The van der Waals surface area contributed by atoms with E-state index in [0.717, 1.165) is 45.2 Å². The van der Waals surface area contributed by atoms with E-state index in [1.165, 1.54) is 23.6 Å². The second-order valence-electron chi connectivity index (χ2n) is 10.2. The van der Waals surface area contributed by atoms with Crippen LogP contribution < -0.4 is 10.2 Å². The van der Waals surface area contributed by atoms with Gasteiger partial charge in [-0.15, -0.1) is 0 Å². The number of piperazine rings is 1. The molecule has 39 heavy (non-hydrogen) atoms. The summed E-state index contributed by atoms with van der Waals surface area (Å²) in [6.45, 7) is 8.14. The molecule has 0 aliphatic carbocycles. The number of carbonyl (C=O) groups is 1. The smallest absolute Gasteiger partial charge is 0.382 e. The summed E-state index contributed by atoms with van der Waals surface area (Å²) in [7, 11) is -1.72. The highest BCUT2D eigenvalue weighted by Gasteiger charge is 2.35. The van der Waals surface area contributed by atoms with Crippen LogP contribution in [-0.2, 0) is 21.8 Å². The molecular weight excluding hydrogens is 525 g/mol. The van der Waals surface area contributed by atoms with E-state index < -0.39 is 22.5 Å². The van der Waals surface area contributed by atoms with Crippen LogP contribution in [0.2, 0.25) is 0 Å². The second kappa shape index (κ2) is 13.7. The number of alkyl halides is 3. The van der Waals surface area contributed by atoms with Crippen LogP contribution in [0.1, 0.15) is 44.2 Å². The number of benzene rings is 2. The van der Waals surface area contributed by atoms with Gasteiger partial charge in [0.2, 0.25) is 5.91 Å². The molecule has 2 aliphatic rings. The van der Waals surface area contributed by atoms with Gasteiger partial charge in [0.15, 0.2) is 0 Å². The normalized spacial score (nSPS) is 18.0. The predicted molar refractivity (Wildman–Crippen MR) is 153 cm³/mol. The lowest BCUT2D eigenvalue weighted by molar-refractivity contribution is -0.139. The van der Waals surface area contributed by atoms with Crippen molar-refractivity contribution in [3.63, 3.8) is 0 Å². The molecule has 0 spiro atoms. The van der Waals surface area contributed by atoms with Crippen molar-refractivity contribution in [2.45, 2.75) is 57.1 Å². The van der Waals surface area contributed by atoms with Crippen LogP contribution >= 0.6 is 0 Å². The van der Waals surface area contributed by atoms with Crippen LogP contribution in [0.3, 0.4) is 0 Å². The number of rotatable bonds is 8. The first-order valence-corrected chi connectivity index (χ1v) is 14.8. The van der Waals surface area contributed by atoms with E-state index >= 15 is 0 Å². The molecule has 0 radical (unpaired) electrons. The molecule has 2 aliphatic heterocycles. The average molecular weight is 567 g/mol. The molecule has 6 nitrogen and oxygen atoms in total. The largest absolute Gasteiger partial charge is 0.417 e. The molecule has 0 saturated carbocycles. The van der Waals surface area contributed by atoms with Crippen molar-refractivity contribution in [1.29, 1.82) is 0 Å². The molecule has 1 amide bonds. The molecule has 2 aromatic carbocycles. The first-order chi connectivity index (χ1) is 18.1. The molecule has 4 rings (SSSR count). The van der Waals surface area contributed by atoms with E-state index in [4.69, 9.17) is 0 Å². The summed E-state index contributed by atoms with van der Waals surface area (Å²) in [6, 6.07) is 12.5. The quantitative estimate of drug-likeness (QED) is 0.464. The standard InChI is InChI=1S/C28H37F3N4O2S.CH4/c1-21-5-8-24(9-6-21)34-18-16-33(17-19-34)13-3-4-27(36)35-14-11-22(12-15-35)32-23-7-10-26(38(2)37)25(20-23)28(29,30)31;/h5-10,20,22,32H,3-4,11-19H2,1-2H3;1H4. The molecule has 2 fully saturated rings. The summed E-state index contributed by atoms with van der Waals surface area (Å²) in [5.74, 6) is 0.149. The number of aryl methyl sites for hydroxylation is 1. The Kier molecular flexibility index (Phi) is 10.8. The monoisotopic (exact) mass is 566 g/mol. The van der Waals surface area contributed by atoms with Crippen molar-refractivity contribution in [2.24, 2.45) is 0 Å². The van der Waals surface area contributed by atoms with Gasteiger partial charge in [-0.25, -0.2) is 0 Å². The number of hydrogen-bond acceptors (Lipinski definition) is 5. The predicted octanol–water partition coefficient (Wildman–Crippen LogP) is 5.39. The summed E-state index contributed by atoms with van der Waals surface area (Å²) < 4.78 is 52.0. The van der Waals surface area contributed by atoms with Crippen LogP contribution in [0.4, 0.5) is 24.5 Å². The fraction of sp³-hybridized carbons (Fsp3) is 0.552. The van der Waals surface area contributed by atoms with Crippen LogP contribution in [0.25, 0.3) is 0 Å². The highest BCUT2D eigenvalue weighted by Crippen LogP contribution is 2.35. The third-order valence-corrected chi connectivity index (χ3v) is 8.42. The molecule has 2 heterocycles.